The van der Waals surface area contributed by atoms with Crippen molar-refractivity contribution in [3.8, 4) is 5.75 Å². The number of anilines is 1. The predicted molar refractivity (Wildman–Crippen MR) is 106 cm³/mol. The Kier molecular flexibility index (Phi) is 6.21. The van der Waals surface area contributed by atoms with Crippen LogP contribution in [-0.2, 0) is 14.8 Å². The second kappa shape index (κ2) is 8.62. The molecule has 1 aliphatic heterocycles. The molecule has 0 saturated carbocycles. The molecule has 28 heavy (non-hydrogen) atoms. The van der Waals surface area contributed by atoms with Crippen molar-refractivity contribution >= 4 is 21.7 Å². The number of likely N-dealkylation sites (tertiary alicyclic amines) is 1. The molecule has 1 saturated heterocycles. The van der Waals surface area contributed by atoms with E-state index in [2.05, 4.69) is 21.4 Å². The van der Waals surface area contributed by atoms with Crippen LogP contribution in [0.15, 0.2) is 53.4 Å². The molecular weight excluding hydrogens is 380 g/mol. The van der Waals surface area contributed by atoms with Crippen LogP contribution in [0.3, 0.4) is 0 Å². The van der Waals surface area contributed by atoms with Crippen LogP contribution < -0.4 is 9.46 Å². The molecule has 2 aromatic rings. The molecule has 0 radical (unpaired) electrons. The average Bonchev–Trinajstić information content (AvgIpc) is 2.70. The highest BCUT2D eigenvalue weighted by Gasteiger charge is 2.19. The fraction of sp³-hybridized carbons (Fsp3) is 0.350. The van der Waals surface area contributed by atoms with E-state index >= 15 is 0 Å². The van der Waals surface area contributed by atoms with Crippen molar-refractivity contribution in [2.45, 2.75) is 23.8 Å². The summed E-state index contributed by atoms with van der Waals surface area (Å²) in [6.07, 6.45) is 2.13. The Bertz CT molecular complexity index is 920. The summed E-state index contributed by atoms with van der Waals surface area (Å²) in [6.45, 7) is 2.01. The zero-order chi connectivity index (χ0) is 20.1. The summed E-state index contributed by atoms with van der Waals surface area (Å²) in [4.78, 5) is 13.9. The van der Waals surface area contributed by atoms with E-state index in [4.69, 9.17) is 4.74 Å². The molecule has 0 aliphatic carbocycles. The lowest BCUT2D eigenvalue weighted by molar-refractivity contribution is 0.0600. The van der Waals surface area contributed by atoms with Crippen molar-refractivity contribution < 1.29 is 22.7 Å². The summed E-state index contributed by atoms with van der Waals surface area (Å²) in [5.41, 5.74) is 0.589. The van der Waals surface area contributed by atoms with Gasteiger partial charge in [0, 0.05) is 18.8 Å². The molecular formula is C20H24N2O5S. The summed E-state index contributed by atoms with van der Waals surface area (Å²) >= 11 is 0. The summed E-state index contributed by atoms with van der Waals surface area (Å²) in [6, 6.07) is 12.5. The normalized spacial score (nSPS) is 15.8. The molecule has 150 valence electrons. The zero-order valence-corrected chi connectivity index (χ0v) is 16.7. The zero-order valence-electron chi connectivity index (χ0n) is 15.9. The maximum atomic E-state index is 12.6. The van der Waals surface area contributed by atoms with Crippen LogP contribution in [0.1, 0.15) is 23.2 Å². The number of ether oxygens (including phenoxy) is 2. The lowest BCUT2D eigenvalue weighted by Crippen LogP contribution is -2.35. The number of hydrogen-bond acceptors (Lipinski definition) is 6. The first-order valence-electron chi connectivity index (χ1n) is 9.04. The van der Waals surface area contributed by atoms with Crippen LogP contribution in [0.2, 0.25) is 0 Å². The molecule has 1 aliphatic rings. The van der Waals surface area contributed by atoms with Gasteiger partial charge in [0.15, 0.2) is 0 Å². The van der Waals surface area contributed by atoms with Gasteiger partial charge >= 0.3 is 5.97 Å². The minimum Gasteiger partial charge on any atom is -0.490 e. The molecule has 7 nitrogen and oxygen atoms in total. The monoisotopic (exact) mass is 404 g/mol. The lowest BCUT2D eigenvalue weighted by atomic mass is 10.1. The van der Waals surface area contributed by atoms with Crippen molar-refractivity contribution in [1.82, 2.24) is 4.90 Å². The predicted octanol–water partition coefficient (Wildman–Crippen LogP) is 2.75. The Balaban J connectivity index is 1.67. The van der Waals surface area contributed by atoms with Gasteiger partial charge in [0.2, 0.25) is 0 Å². The minimum atomic E-state index is -3.83. The first kappa shape index (κ1) is 20.2. The Labute approximate surface area is 165 Å². The molecule has 0 spiro atoms. The van der Waals surface area contributed by atoms with E-state index in [-0.39, 0.29) is 16.6 Å². The number of hydrogen-bond donors (Lipinski definition) is 1. The van der Waals surface area contributed by atoms with E-state index in [0.29, 0.717) is 11.4 Å². The van der Waals surface area contributed by atoms with Gasteiger partial charge in [-0.2, -0.15) is 0 Å². The van der Waals surface area contributed by atoms with Crippen molar-refractivity contribution in [2.75, 3.05) is 32.0 Å². The second-order valence-electron chi connectivity index (χ2n) is 6.77. The number of methoxy groups -OCH3 is 1. The van der Waals surface area contributed by atoms with Gasteiger partial charge < -0.3 is 14.4 Å². The molecule has 0 atom stereocenters. The number of carbonyl (C=O) groups excluding carboxylic acids is 1. The fourth-order valence-corrected chi connectivity index (χ4v) is 4.12. The van der Waals surface area contributed by atoms with Crippen LogP contribution in [0.5, 0.6) is 5.75 Å². The molecule has 1 N–H and O–H groups in total. The summed E-state index contributed by atoms with van der Waals surface area (Å²) in [5.74, 6) is 0.123. The molecule has 0 unspecified atom stereocenters. The molecule has 0 amide bonds. The molecule has 2 aromatic carbocycles. The highest BCUT2D eigenvalue weighted by atomic mass is 32.2. The van der Waals surface area contributed by atoms with E-state index in [0.717, 1.165) is 25.9 Å². The van der Waals surface area contributed by atoms with E-state index in [1.54, 1.807) is 24.3 Å². The number of carbonyl (C=O) groups is 1. The number of rotatable bonds is 6. The van der Waals surface area contributed by atoms with Gasteiger partial charge in [-0.15, -0.1) is 0 Å². The SMILES string of the molecule is COC(=O)c1cccc(S(=O)(=O)Nc2ccc(OC3CCN(C)CC3)cc2)c1. The fourth-order valence-electron chi connectivity index (χ4n) is 3.02. The van der Waals surface area contributed by atoms with Gasteiger partial charge in [0.1, 0.15) is 11.9 Å². The number of nitrogens with one attached hydrogen (secondary N) is 1. The van der Waals surface area contributed by atoms with Gasteiger partial charge in [-0.3, -0.25) is 4.72 Å². The summed E-state index contributed by atoms with van der Waals surface area (Å²) < 4.78 is 38.3. The van der Waals surface area contributed by atoms with Crippen molar-refractivity contribution in [3.05, 3.63) is 54.1 Å². The second-order valence-corrected chi connectivity index (χ2v) is 8.45. The Hall–Kier alpha value is -2.58. The van der Waals surface area contributed by atoms with Crippen LogP contribution in [0, 0.1) is 0 Å². The van der Waals surface area contributed by atoms with E-state index in [9.17, 15) is 13.2 Å². The van der Waals surface area contributed by atoms with Crippen LogP contribution in [-0.4, -0.2) is 52.6 Å². The van der Waals surface area contributed by atoms with Crippen molar-refractivity contribution in [3.63, 3.8) is 0 Å². The van der Waals surface area contributed by atoms with Gasteiger partial charge in [-0.05, 0) is 62.4 Å². The summed E-state index contributed by atoms with van der Waals surface area (Å²) in [5, 5.41) is 0. The Morgan fingerprint density at radius 1 is 1.11 bits per heavy atom. The molecule has 8 heteroatoms. The van der Waals surface area contributed by atoms with Crippen molar-refractivity contribution in [2.24, 2.45) is 0 Å². The molecule has 1 heterocycles. The minimum absolute atomic E-state index is 0.0120. The number of piperidine rings is 1. The first-order valence-corrected chi connectivity index (χ1v) is 10.5. The standard InChI is InChI=1S/C20H24N2O5S/c1-22-12-10-18(11-13-22)27-17-8-6-16(7-9-17)21-28(24,25)19-5-3-4-15(14-19)20(23)26-2/h3-9,14,18,21H,10-13H2,1-2H3. The van der Waals surface area contributed by atoms with Crippen LogP contribution >= 0.6 is 0 Å². The average molecular weight is 404 g/mol. The Morgan fingerprint density at radius 2 is 1.79 bits per heavy atom. The number of esters is 1. The summed E-state index contributed by atoms with van der Waals surface area (Å²) in [7, 11) is -0.486. The molecule has 0 aromatic heterocycles. The van der Waals surface area contributed by atoms with Gasteiger partial charge in [-0.25, -0.2) is 13.2 Å². The molecule has 0 bridgehead atoms. The highest BCUT2D eigenvalue weighted by Crippen LogP contribution is 2.23. The third-order valence-electron chi connectivity index (χ3n) is 4.64. The molecule has 3 rings (SSSR count). The largest absolute Gasteiger partial charge is 0.490 e. The van der Waals surface area contributed by atoms with Crippen molar-refractivity contribution in [1.29, 1.82) is 0 Å². The first-order chi connectivity index (χ1) is 13.4. The Morgan fingerprint density at radius 3 is 2.43 bits per heavy atom. The number of nitrogens with zero attached hydrogens (tertiary/aromatic N) is 1. The van der Waals surface area contributed by atoms with E-state index < -0.39 is 16.0 Å². The topological polar surface area (TPSA) is 84.9 Å². The van der Waals surface area contributed by atoms with Gasteiger partial charge in [0.05, 0.1) is 17.6 Å². The smallest absolute Gasteiger partial charge is 0.337 e. The van der Waals surface area contributed by atoms with Gasteiger partial charge in [0.25, 0.3) is 10.0 Å². The number of benzene rings is 2. The highest BCUT2D eigenvalue weighted by molar-refractivity contribution is 7.92. The quantitative estimate of drug-likeness (QED) is 0.746. The van der Waals surface area contributed by atoms with Gasteiger partial charge in [-0.1, -0.05) is 6.07 Å². The van der Waals surface area contributed by atoms with Crippen LogP contribution in [0.4, 0.5) is 5.69 Å². The number of sulfonamides is 1. The maximum absolute atomic E-state index is 12.6. The van der Waals surface area contributed by atoms with E-state index in [1.807, 2.05) is 0 Å². The third-order valence-corrected chi connectivity index (χ3v) is 6.02. The van der Waals surface area contributed by atoms with Crippen LogP contribution in [0.25, 0.3) is 0 Å². The third kappa shape index (κ3) is 5.02. The maximum Gasteiger partial charge on any atom is 0.337 e. The van der Waals surface area contributed by atoms with E-state index in [1.165, 1.54) is 31.4 Å². The lowest BCUT2D eigenvalue weighted by Gasteiger charge is -2.29. The molecule has 1 fully saturated rings.